The Morgan fingerprint density at radius 1 is 1.21 bits per heavy atom. The Morgan fingerprint density at radius 3 is 2.47 bits per heavy atom. The van der Waals surface area contributed by atoms with Crippen molar-refractivity contribution in [1.29, 1.82) is 5.41 Å². The molecule has 2 fully saturated rings. The number of hydrogen-bond acceptors (Lipinski definition) is 5. The maximum absolute atomic E-state index is 13.1. The molecule has 7 nitrogen and oxygen atoms in total. The van der Waals surface area contributed by atoms with Gasteiger partial charge >= 0.3 is 0 Å². The van der Waals surface area contributed by atoms with Crippen molar-refractivity contribution in [3.8, 4) is 0 Å². The van der Waals surface area contributed by atoms with Gasteiger partial charge in [0.1, 0.15) is 5.70 Å². The molecule has 3 N–H and O–H groups in total. The van der Waals surface area contributed by atoms with Crippen LogP contribution in [0.3, 0.4) is 0 Å². The number of hydrogen-bond donors (Lipinski definition) is 3. The van der Waals surface area contributed by atoms with Crippen LogP contribution in [0.25, 0.3) is 0 Å². The number of allylic oxidation sites excluding steroid dienone is 4. The lowest BCUT2D eigenvalue weighted by Crippen LogP contribution is -2.34. The molecule has 0 bridgehead atoms. The maximum Gasteiger partial charge on any atom is 0.268 e. The Kier molecular flexibility index (Phi) is 6.91. The van der Waals surface area contributed by atoms with Gasteiger partial charge in [0.05, 0.1) is 5.71 Å². The lowest BCUT2D eigenvalue weighted by molar-refractivity contribution is -0.126. The Labute approximate surface area is 202 Å². The Bertz CT molecular complexity index is 1080. The highest BCUT2D eigenvalue weighted by Gasteiger charge is 2.37. The summed E-state index contributed by atoms with van der Waals surface area (Å²) in [6.45, 7) is 5.92. The second-order valence-electron chi connectivity index (χ2n) is 9.69. The molecule has 1 heterocycles. The molecule has 0 unspecified atom stereocenters. The molecule has 0 spiro atoms. The first kappa shape index (κ1) is 23.8. The molecule has 0 atom stereocenters. The summed E-state index contributed by atoms with van der Waals surface area (Å²) < 4.78 is 0. The van der Waals surface area contributed by atoms with Gasteiger partial charge in [0.2, 0.25) is 5.91 Å². The van der Waals surface area contributed by atoms with Crippen LogP contribution in [0, 0.1) is 17.2 Å². The first-order chi connectivity index (χ1) is 16.3. The van der Waals surface area contributed by atoms with E-state index < -0.39 is 0 Å². The monoisotopic (exact) mass is 461 g/mol. The van der Waals surface area contributed by atoms with E-state index in [1.54, 1.807) is 13.1 Å². The molecule has 2 amide bonds. The summed E-state index contributed by atoms with van der Waals surface area (Å²) in [6, 6.07) is 7.98. The predicted molar refractivity (Wildman–Crippen MR) is 137 cm³/mol. The van der Waals surface area contributed by atoms with Gasteiger partial charge in [-0.2, -0.15) is 0 Å². The van der Waals surface area contributed by atoms with E-state index in [9.17, 15) is 9.59 Å². The average Bonchev–Trinajstić information content (AvgIpc) is 3.58. The third kappa shape index (κ3) is 4.93. The average molecular weight is 462 g/mol. The van der Waals surface area contributed by atoms with Crippen molar-refractivity contribution in [2.24, 2.45) is 11.8 Å². The summed E-state index contributed by atoms with van der Waals surface area (Å²) in [5.41, 5.74) is 5.07. The maximum atomic E-state index is 13.1. The highest BCUT2D eigenvalue weighted by Crippen LogP contribution is 2.44. The number of rotatable bonds is 8. The molecule has 0 aromatic heterocycles. The molecule has 1 aromatic rings. The van der Waals surface area contributed by atoms with Crippen LogP contribution in [0.2, 0.25) is 0 Å². The van der Waals surface area contributed by atoms with Gasteiger partial charge in [-0.15, -0.1) is 0 Å². The van der Waals surface area contributed by atoms with E-state index in [4.69, 9.17) is 5.41 Å². The van der Waals surface area contributed by atoms with E-state index >= 15 is 0 Å². The molecule has 180 valence electrons. The van der Waals surface area contributed by atoms with Crippen molar-refractivity contribution in [2.45, 2.75) is 39.5 Å². The van der Waals surface area contributed by atoms with E-state index in [0.717, 1.165) is 48.5 Å². The second kappa shape index (κ2) is 9.87. The molecule has 1 saturated carbocycles. The zero-order valence-corrected chi connectivity index (χ0v) is 20.6. The van der Waals surface area contributed by atoms with Crippen LogP contribution in [0.1, 0.15) is 39.5 Å². The SMILES string of the molecule is CNC(=O)/C(=C1\C=C(C2CC2)C(N2CCCC2=O)=CC1=N)N(C)c1ccc(NCC(C)C)cc1. The largest absolute Gasteiger partial charge is 0.385 e. The number of likely N-dealkylation sites (tertiary alicyclic amines) is 1. The van der Waals surface area contributed by atoms with E-state index in [-0.39, 0.29) is 17.5 Å². The summed E-state index contributed by atoms with van der Waals surface area (Å²) in [6.07, 6.45) is 7.30. The molecule has 4 rings (SSSR count). The van der Waals surface area contributed by atoms with Crippen molar-refractivity contribution in [1.82, 2.24) is 10.2 Å². The van der Waals surface area contributed by atoms with Gasteiger partial charge in [-0.05, 0) is 73.1 Å². The number of anilines is 2. The van der Waals surface area contributed by atoms with Crippen molar-refractivity contribution < 1.29 is 9.59 Å². The lowest BCUT2D eigenvalue weighted by atomic mass is 9.91. The molecular formula is C27H35N5O2. The number of carbonyl (C=O) groups excluding carboxylic acids is 2. The van der Waals surface area contributed by atoms with Crippen LogP contribution in [0.5, 0.6) is 0 Å². The van der Waals surface area contributed by atoms with Crippen molar-refractivity contribution in [3.05, 3.63) is 59.0 Å². The Balaban J connectivity index is 1.70. The summed E-state index contributed by atoms with van der Waals surface area (Å²) in [4.78, 5) is 29.2. The zero-order chi connectivity index (χ0) is 24.4. The summed E-state index contributed by atoms with van der Waals surface area (Å²) in [5.74, 6) is 0.799. The van der Waals surface area contributed by atoms with Gasteiger partial charge < -0.3 is 25.8 Å². The standard InChI is InChI=1S/C27H35N5O2/c1-17(2)16-30-19-9-11-20(12-10-19)31(4)26(27(34)29-3)22-14-21(18-7-8-18)24(15-23(22)28)32-13-5-6-25(32)33/h9-12,14-15,17-18,28,30H,5-8,13,16H2,1-4H3,(H,29,34)/b26-22-,28-23?. The van der Waals surface area contributed by atoms with Gasteiger partial charge in [-0.1, -0.05) is 13.8 Å². The van der Waals surface area contributed by atoms with Crippen LogP contribution >= 0.6 is 0 Å². The number of amides is 2. The van der Waals surface area contributed by atoms with Gasteiger partial charge in [0.25, 0.3) is 5.91 Å². The Hall–Kier alpha value is -3.35. The molecule has 0 radical (unpaired) electrons. The highest BCUT2D eigenvalue weighted by atomic mass is 16.2. The zero-order valence-electron chi connectivity index (χ0n) is 20.6. The van der Waals surface area contributed by atoms with E-state index in [1.165, 1.54) is 0 Å². The van der Waals surface area contributed by atoms with Crippen LogP contribution < -0.4 is 15.5 Å². The molecule has 34 heavy (non-hydrogen) atoms. The van der Waals surface area contributed by atoms with Gasteiger partial charge in [0, 0.05) is 56.3 Å². The third-order valence-electron chi connectivity index (χ3n) is 6.55. The van der Waals surface area contributed by atoms with Crippen LogP contribution in [-0.2, 0) is 9.59 Å². The smallest absolute Gasteiger partial charge is 0.268 e. The highest BCUT2D eigenvalue weighted by molar-refractivity contribution is 6.16. The minimum atomic E-state index is -0.246. The number of nitrogens with one attached hydrogen (secondary N) is 3. The number of benzene rings is 1. The number of carbonyl (C=O) groups is 2. The fraction of sp³-hybridized carbons (Fsp3) is 0.444. The number of nitrogens with zero attached hydrogens (tertiary/aromatic N) is 2. The fourth-order valence-corrected chi connectivity index (χ4v) is 4.49. The fourth-order valence-electron chi connectivity index (χ4n) is 4.49. The van der Waals surface area contributed by atoms with Crippen LogP contribution in [0.4, 0.5) is 11.4 Å². The minimum Gasteiger partial charge on any atom is -0.385 e. The molecule has 2 aliphatic carbocycles. The Morgan fingerprint density at radius 2 is 1.91 bits per heavy atom. The summed E-state index contributed by atoms with van der Waals surface area (Å²) in [5, 5.41) is 15.0. The minimum absolute atomic E-state index is 0.118. The second-order valence-corrected chi connectivity index (χ2v) is 9.69. The first-order valence-corrected chi connectivity index (χ1v) is 12.2. The quantitative estimate of drug-likeness (QED) is 0.509. The van der Waals surface area contributed by atoms with E-state index in [2.05, 4.69) is 24.5 Å². The van der Waals surface area contributed by atoms with Gasteiger partial charge in [-0.3, -0.25) is 9.59 Å². The number of likely N-dealkylation sites (N-methyl/N-ethyl adjacent to an activating group) is 2. The molecule has 1 aromatic carbocycles. The predicted octanol–water partition coefficient (Wildman–Crippen LogP) is 4.07. The van der Waals surface area contributed by atoms with E-state index in [0.29, 0.717) is 36.1 Å². The van der Waals surface area contributed by atoms with Gasteiger partial charge in [-0.25, -0.2) is 0 Å². The molecule has 3 aliphatic rings. The first-order valence-electron chi connectivity index (χ1n) is 12.2. The van der Waals surface area contributed by atoms with Crippen molar-refractivity contribution >= 4 is 28.9 Å². The molecule has 1 saturated heterocycles. The topological polar surface area (TPSA) is 88.5 Å². The van der Waals surface area contributed by atoms with Gasteiger partial charge in [0.15, 0.2) is 0 Å². The molecule has 1 aliphatic heterocycles. The molecule has 7 heteroatoms. The normalized spacial score (nSPS) is 19.7. The third-order valence-corrected chi connectivity index (χ3v) is 6.55. The van der Waals surface area contributed by atoms with Crippen molar-refractivity contribution in [2.75, 3.05) is 37.4 Å². The molecular weight excluding hydrogens is 426 g/mol. The summed E-state index contributed by atoms with van der Waals surface area (Å²) in [7, 11) is 3.47. The van der Waals surface area contributed by atoms with Crippen LogP contribution in [-0.4, -0.2) is 49.6 Å². The van der Waals surface area contributed by atoms with E-state index in [1.807, 2.05) is 47.2 Å². The van der Waals surface area contributed by atoms with Crippen LogP contribution in [0.15, 0.2) is 59.0 Å². The lowest BCUT2D eigenvalue weighted by Gasteiger charge is -2.29. The van der Waals surface area contributed by atoms with Crippen molar-refractivity contribution in [3.63, 3.8) is 0 Å². The summed E-state index contributed by atoms with van der Waals surface area (Å²) >= 11 is 0.